The first kappa shape index (κ1) is 14.1. The summed E-state index contributed by atoms with van der Waals surface area (Å²) < 4.78 is 31.2. The van der Waals surface area contributed by atoms with E-state index in [9.17, 15) is 8.42 Å². The number of nitrogens with zero attached hydrogens (tertiary/aromatic N) is 2. The second-order valence-corrected chi connectivity index (χ2v) is 7.42. The molecule has 0 unspecified atom stereocenters. The van der Waals surface area contributed by atoms with Crippen LogP contribution in [0.4, 0.5) is 5.69 Å². The predicted octanol–water partition coefficient (Wildman–Crippen LogP) is 2.63. The topological polar surface area (TPSA) is 59.5 Å². The lowest BCUT2D eigenvalue weighted by Crippen LogP contribution is -2.25. The molecular formula is C11H11ClN2O3S2. The Hall–Kier alpha value is -1.31. The maximum atomic E-state index is 12.3. The molecule has 0 saturated carbocycles. The van der Waals surface area contributed by atoms with Gasteiger partial charge in [0.05, 0.1) is 19.0 Å². The molecule has 102 valence electrons. The van der Waals surface area contributed by atoms with Crippen molar-refractivity contribution in [1.29, 1.82) is 0 Å². The number of thiazole rings is 1. The molecule has 2 aromatic rings. The molecule has 0 N–H and O–H groups in total. The van der Waals surface area contributed by atoms with Crippen molar-refractivity contribution in [3.63, 3.8) is 0 Å². The number of rotatable bonds is 4. The quantitative estimate of drug-likeness (QED) is 0.869. The van der Waals surface area contributed by atoms with Crippen LogP contribution >= 0.6 is 22.9 Å². The molecule has 1 aromatic heterocycles. The number of sulfonamides is 1. The van der Waals surface area contributed by atoms with Crippen LogP contribution in [-0.2, 0) is 10.0 Å². The van der Waals surface area contributed by atoms with Gasteiger partial charge in [-0.05, 0) is 12.1 Å². The third-order valence-electron chi connectivity index (χ3n) is 2.49. The molecular weight excluding hydrogens is 308 g/mol. The Morgan fingerprint density at radius 2 is 2.16 bits per heavy atom. The fraction of sp³-hybridized carbons (Fsp3) is 0.182. The zero-order valence-electron chi connectivity index (χ0n) is 10.2. The normalized spacial score (nSPS) is 11.3. The lowest BCUT2D eigenvalue weighted by molar-refractivity contribution is 0.415. The van der Waals surface area contributed by atoms with Crippen molar-refractivity contribution < 1.29 is 13.2 Å². The van der Waals surface area contributed by atoms with Gasteiger partial charge in [-0.3, -0.25) is 4.31 Å². The number of anilines is 1. The Bertz CT molecular complexity index is 685. The summed E-state index contributed by atoms with van der Waals surface area (Å²) in [6.07, 6.45) is 1.25. The molecule has 19 heavy (non-hydrogen) atoms. The van der Waals surface area contributed by atoms with Gasteiger partial charge in [0.25, 0.3) is 10.0 Å². The van der Waals surface area contributed by atoms with Crippen molar-refractivity contribution in [2.75, 3.05) is 18.5 Å². The minimum atomic E-state index is -3.65. The number of methoxy groups -OCH3 is 1. The van der Waals surface area contributed by atoms with Crippen LogP contribution in [0.15, 0.2) is 34.7 Å². The molecule has 1 heterocycles. The van der Waals surface area contributed by atoms with Crippen LogP contribution < -0.4 is 9.04 Å². The van der Waals surface area contributed by atoms with E-state index in [1.807, 2.05) is 0 Å². The molecule has 2 rings (SSSR count). The average molecular weight is 319 g/mol. The third-order valence-corrected chi connectivity index (χ3v) is 5.83. The van der Waals surface area contributed by atoms with Crippen LogP contribution in [0.2, 0.25) is 4.47 Å². The molecule has 8 heteroatoms. The van der Waals surface area contributed by atoms with Crippen LogP contribution in [0.25, 0.3) is 0 Å². The fourth-order valence-corrected chi connectivity index (χ4v) is 4.09. The molecule has 5 nitrogen and oxygen atoms in total. The van der Waals surface area contributed by atoms with E-state index in [1.165, 1.54) is 24.7 Å². The summed E-state index contributed by atoms with van der Waals surface area (Å²) in [5.41, 5.74) is 0.504. The fourth-order valence-electron chi connectivity index (χ4n) is 1.44. The van der Waals surface area contributed by atoms with Gasteiger partial charge in [-0.1, -0.05) is 29.0 Å². The molecule has 0 radical (unpaired) electrons. The van der Waals surface area contributed by atoms with Gasteiger partial charge in [0.15, 0.2) is 8.68 Å². The number of aromatic nitrogens is 1. The summed E-state index contributed by atoms with van der Waals surface area (Å²) in [5, 5.41) is 0. The molecule has 0 aliphatic rings. The molecule has 0 bridgehead atoms. The van der Waals surface area contributed by atoms with Gasteiger partial charge in [0.1, 0.15) is 5.75 Å². The highest BCUT2D eigenvalue weighted by atomic mass is 35.5. The lowest BCUT2D eigenvalue weighted by atomic mass is 10.3. The zero-order chi connectivity index (χ0) is 14.0. The van der Waals surface area contributed by atoms with Crippen molar-refractivity contribution >= 4 is 38.6 Å². The van der Waals surface area contributed by atoms with Gasteiger partial charge >= 0.3 is 0 Å². The standard InChI is InChI=1S/C11H11ClN2O3S2/c1-14(8-4-3-5-9(6-8)17-2)19(15,16)10-7-13-11(12)18-10/h3-7H,1-2H3. The summed E-state index contributed by atoms with van der Waals surface area (Å²) in [6, 6.07) is 6.79. The molecule has 1 aromatic carbocycles. The van der Waals surface area contributed by atoms with E-state index in [-0.39, 0.29) is 8.68 Å². The molecule has 0 aliphatic heterocycles. The second-order valence-electron chi connectivity index (χ2n) is 3.61. The maximum absolute atomic E-state index is 12.3. The van der Waals surface area contributed by atoms with Crippen molar-refractivity contribution in [1.82, 2.24) is 4.98 Å². The van der Waals surface area contributed by atoms with E-state index >= 15 is 0 Å². The highest BCUT2D eigenvalue weighted by Crippen LogP contribution is 2.29. The van der Waals surface area contributed by atoms with Crippen LogP contribution in [0, 0.1) is 0 Å². The van der Waals surface area contributed by atoms with Gasteiger partial charge < -0.3 is 4.74 Å². The smallest absolute Gasteiger partial charge is 0.275 e. The molecule has 0 amide bonds. The molecule has 0 aliphatic carbocycles. The number of ether oxygens (including phenoxy) is 1. The largest absolute Gasteiger partial charge is 0.497 e. The van der Waals surface area contributed by atoms with E-state index in [0.717, 1.165) is 11.3 Å². The van der Waals surface area contributed by atoms with E-state index in [4.69, 9.17) is 16.3 Å². The maximum Gasteiger partial charge on any atom is 0.275 e. The SMILES string of the molecule is COc1cccc(N(C)S(=O)(=O)c2cnc(Cl)s2)c1. The van der Waals surface area contributed by atoms with Crippen LogP contribution in [0.5, 0.6) is 5.75 Å². The Labute approximate surface area is 120 Å². The first-order chi connectivity index (χ1) is 8.95. The molecule has 0 saturated heterocycles. The highest BCUT2D eigenvalue weighted by Gasteiger charge is 2.24. The minimum Gasteiger partial charge on any atom is -0.497 e. The van der Waals surface area contributed by atoms with Gasteiger partial charge in [-0.25, -0.2) is 13.4 Å². The van der Waals surface area contributed by atoms with Gasteiger partial charge in [0, 0.05) is 13.1 Å². The van der Waals surface area contributed by atoms with Crippen LogP contribution in [0.1, 0.15) is 0 Å². The van der Waals surface area contributed by atoms with Gasteiger partial charge in [-0.2, -0.15) is 0 Å². The van der Waals surface area contributed by atoms with Crippen molar-refractivity contribution in [3.8, 4) is 5.75 Å². The number of benzene rings is 1. The summed E-state index contributed by atoms with van der Waals surface area (Å²) in [4.78, 5) is 3.75. The second kappa shape index (κ2) is 5.36. The van der Waals surface area contributed by atoms with Crippen molar-refractivity contribution in [3.05, 3.63) is 34.9 Å². The first-order valence-electron chi connectivity index (χ1n) is 5.19. The van der Waals surface area contributed by atoms with E-state index in [2.05, 4.69) is 4.98 Å². The zero-order valence-corrected chi connectivity index (χ0v) is 12.6. The van der Waals surface area contributed by atoms with Crippen molar-refractivity contribution in [2.45, 2.75) is 4.21 Å². The average Bonchev–Trinajstić information content (AvgIpc) is 2.85. The van der Waals surface area contributed by atoms with Crippen LogP contribution in [-0.4, -0.2) is 27.6 Å². The molecule has 0 fully saturated rings. The Morgan fingerprint density at radius 1 is 1.42 bits per heavy atom. The Kier molecular flexibility index (Phi) is 3.98. The number of halogens is 1. The lowest BCUT2D eigenvalue weighted by Gasteiger charge is -2.18. The third kappa shape index (κ3) is 2.83. The predicted molar refractivity (Wildman–Crippen MR) is 75.7 cm³/mol. The minimum absolute atomic E-state index is 0.0998. The Morgan fingerprint density at radius 3 is 2.74 bits per heavy atom. The monoisotopic (exact) mass is 318 g/mol. The Balaban J connectivity index is 2.40. The molecule has 0 atom stereocenters. The van der Waals surface area contributed by atoms with E-state index in [1.54, 1.807) is 24.3 Å². The van der Waals surface area contributed by atoms with Gasteiger partial charge in [-0.15, -0.1) is 0 Å². The van der Waals surface area contributed by atoms with Crippen LogP contribution in [0.3, 0.4) is 0 Å². The van der Waals surface area contributed by atoms with E-state index < -0.39 is 10.0 Å². The summed E-state index contributed by atoms with van der Waals surface area (Å²) in [7, 11) is -0.652. The summed E-state index contributed by atoms with van der Waals surface area (Å²) >= 11 is 6.59. The number of hydrogen-bond donors (Lipinski definition) is 0. The van der Waals surface area contributed by atoms with E-state index in [0.29, 0.717) is 11.4 Å². The van der Waals surface area contributed by atoms with Gasteiger partial charge in [0.2, 0.25) is 0 Å². The highest BCUT2D eigenvalue weighted by molar-refractivity contribution is 7.94. The first-order valence-corrected chi connectivity index (χ1v) is 7.83. The van der Waals surface area contributed by atoms with Crippen molar-refractivity contribution in [2.24, 2.45) is 0 Å². The summed E-state index contributed by atoms with van der Waals surface area (Å²) in [6.45, 7) is 0. The number of hydrogen-bond acceptors (Lipinski definition) is 5. The molecule has 0 spiro atoms. The summed E-state index contributed by atoms with van der Waals surface area (Å²) in [5.74, 6) is 0.585.